The number of halogens is 1. The Morgan fingerprint density at radius 2 is 2.22 bits per heavy atom. The predicted molar refractivity (Wildman–Crippen MR) is 71.3 cm³/mol. The molecular formula is C11H17BrN4O2. The Balaban J connectivity index is 1.90. The minimum absolute atomic E-state index is 0.139. The van der Waals surface area contributed by atoms with Crippen LogP contribution in [0.3, 0.4) is 0 Å². The van der Waals surface area contributed by atoms with E-state index < -0.39 is 5.60 Å². The van der Waals surface area contributed by atoms with Crippen LogP contribution in [0.2, 0.25) is 0 Å². The molecule has 100 valence electrons. The Kier molecular flexibility index (Phi) is 3.37. The number of amides is 2. The van der Waals surface area contributed by atoms with Crippen LogP contribution in [0, 0.1) is 5.92 Å². The summed E-state index contributed by atoms with van der Waals surface area (Å²) in [6.45, 7) is 4.69. The zero-order valence-electron chi connectivity index (χ0n) is 10.6. The first-order valence-corrected chi connectivity index (χ1v) is 6.54. The van der Waals surface area contributed by atoms with Gasteiger partial charge >= 0.3 is 6.03 Å². The highest BCUT2D eigenvalue weighted by molar-refractivity contribution is 9.10. The predicted octanol–water partition coefficient (Wildman–Crippen LogP) is 1.42. The second-order valence-electron chi connectivity index (χ2n) is 5.19. The van der Waals surface area contributed by atoms with Crippen molar-refractivity contribution in [1.29, 1.82) is 0 Å². The highest BCUT2D eigenvalue weighted by Gasteiger charge is 2.39. The molecule has 0 aliphatic carbocycles. The minimum atomic E-state index is -0.730. The summed E-state index contributed by atoms with van der Waals surface area (Å²) in [5.74, 6) is 0.139. The van der Waals surface area contributed by atoms with Gasteiger partial charge in [0.25, 0.3) is 0 Å². The van der Waals surface area contributed by atoms with Crippen LogP contribution in [0.4, 0.5) is 10.5 Å². The van der Waals surface area contributed by atoms with Crippen LogP contribution in [-0.4, -0.2) is 44.5 Å². The van der Waals surface area contributed by atoms with E-state index in [0.29, 0.717) is 23.4 Å². The number of anilines is 1. The number of carbonyl (C=O) groups excluding carboxylic acids is 1. The second kappa shape index (κ2) is 4.55. The van der Waals surface area contributed by atoms with Gasteiger partial charge in [0, 0.05) is 32.3 Å². The largest absolute Gasteiger partial charge is 0.390 e. The van der Waals surface area contributed by atoms with Gasteiger partial charge in [0.15, 0.2) is 4.60 Å². The van der Waals surface area contributed by atoms with Gasteiger partial charge < -0.3 is 15.3 Å². The molecule has 2 heterocycles. The van der Waals surface area contributed by atoms with Gasteiger partial charge in [-0.25, -0.2) is 4.79 Å². The van der Waals surface area contributed by atoms with Gasteiger partial charge in [0.2, 0.25) is 0 Å². The molecule has 1 aliphatic heterocycles. The van der Waals surface area contributed by atoms with Crippen LogP contribution in [0.15, 0.2) is 10.8 Å². The quantitative estimate of drug-likeness (QED) is 0.867. The second-order valence-corrected chi connectivity index (χ2v) is 5.94. The van der Waals surface area contributed by atoms with Crippen LogP contribution in [0.5, 0.6) is 0 Å². The van der Waals surface area contributed by atoms with Crippen molar-refractivity contribution in [2.75, 3.05) is 18.4 Å². The fourth-order valence-corrected chi connectivity index (χ4v) is 2.28. The van der Waals surface area contributed by atoms with E-state index in [9.17, 15) is 9.90 Å². The fourth-order valence-electron chi connectivity index (χ4n) is 1.83. The summed E-state index contributed by atoms with van der Waals surface area (Å²) < 4.78 is 2.23. The Labute approximate surface area is 114 Å². The van der Waals surface area contributed by atoms with Gasteiger partial charge in [-0.3, -0.25) is 4.68 Å². The van der Waals surface area contributed by atoms with E-state index in [1.54, 1.807) is 36.7 Å². The molecule has 0 saturated carbocycles. The summed E-state index contributed by atoms with van der Waals surface area (Å²) in [7, 11) is 1.79. The van der Waals surface area contributed by atoms with E-state index in [0.717, 1.165) is 0 Å². The maximum absolute atomic E-state index is 11.9. The van der Waals surface area contributed by atoms with Gasteiger partial charge in [-0.15, -0.1) is 0 Å². The Bertz CT molecular complexity index is 460. The molecule has 0 aromatic carbocycles. The van der Waals surface area contributed by atoms with Crippen LogP contribution in [0.1, 0.15) is 13.8 Å². The van der Waals surface area contributed by atoms with Gasteiger partial charge in [-0.1, -0.05) is 0 Å². The smallest absolute Gasteiger partial charge is 0.321 e. The van der Waals surface area contributed by atoms with Crippen LogP contribution < -0.4 is 5.32 Å². The van der Waals surface area contributed by atoms with Gasteiger partial charge in [-0.2, -0.15) is 5.10 Å². The van der Waals surface area contributed by atoms with E-state index in [1.165, 1.54) is 0 Å². The highest BCUT2D eigenvalue weighted by atomic mass is 79.9. The van der Waals surface area contributed by atoms with Crippen molar-refractivity contribution in [3.63, 3.8) is 0 Å². The zero-order chi connectivity index (χ0) is 13.5. The molecule has 1 aromatic heterocycles. The molecule has 6 nitrogen and oxygen atoms in total. The normalized spacial score (nSPS) is 16.6. The van der Waals surface area contributed by atoms with E-state index in [1.807, 2.05) is 0 Å². The summed E-state index contributed by atoms with van der Waals surface area (Å²) >= 11 is 3.27. The Morgan fingerprint density at radius 3 is 2.67 bits per heavy atom. The number of urea groups is 1. The molecule has 1 aliphatic rings. The first-order valence-electron chi connectivity index (χ1n) is 5.75. The van der Waals surface area contributed by atoms with Crippen molar-refractivity contribution >= 4 is 27.6 Å². The lowest BCUT2D eigenvalue weighted by atomic mass is 9.85. The van der Waals surface area contributed by atoms with E-state index >= 15 is 0 Å². The number of aliphatic hydroxyl groups is 1. The number of rotatable bonds is 2. The minimum Gasteiger partial charge on any atom is -0.390 e. The third-order valence-electron chi connectivity index (χ3n) is 3.19. The lowest BCUT2D eigenvalue weighted by Gasteiger charge is -2.44. The number of likely N-dealkylation sites (tertiary alicyclic amines) is 1. The van der Waals surface area contributed by atoms with Gasteiger partial charge in [-0.05, 0) is 29.8 Å². The Morgan fingerprint density at radius 1 is 1.61 bits per heavy atom. The number of hydrogen-bond donors (Lipinski definition) is 2. The van der Waals surface area contributed by atoms with Crippen molar-refractivity contribution in [2.45, 2.75) is 19.4 Å². The lowest BCUT2D eigenvalue weighted by molar-refractivity contribution is -0.0440. The molecule has 0 spiro atoms. The van der Waals surface area contributed by atoms with Crippen LogP contribution in [0.25, 0.3) is 0 Å². The highest BCUT2D eigenvalue weighted by Crippen LogP contribution is 2.28. The number of aromatic nitrogens is 2. The summed E-state index contributed by atoms with van der Waals surface area (Å²) in [5, 5.41) is 16.7. The molecular weight excluding hydrogens is 300 g/mol. The molecule has 0 atom stereocenters. The molecule has 18 heavy (non-hydrogen) atoms. The third-order valence-corrected chi connectivity index (χ3v) is 3.78. The molecule has 7 heteroatoms. The molecule has 0 bridgehead atoms. The summed E-state index contributed by atoms with van der Waals surface area (Å²) in [4.78, 5) is 13.6. The monoisotopic (exact) mass is 316 g/mol. The molecule has 1 saturated heterocycles. The van der Waals surface area contributed by atoms with Crippen LogP contribution >= 0.6 is 15.9 Å². The fraction of sp³-hybridized carbons (Fsp3) is 0.636. The average molecular weight is 317 g/mol. The maximum atomic E-state index is 11.9. The van der Waals surface area contributed by atoms with Crippen molar-refractivity contribution in [2.24, 2.45) is 13.0 Å². The molecule has 0 radical (unpaired) electrons. The summed E-state index contributed by atoms with van der Waals surface area (Å²) in [6, 6.07) is -0.163. The summed E-state index contributed by atoms with van der Waals surface area (Å²) in [5.41, 5.74) is -0.0831. The molecule has 1 aromatic rings. The maximum Gasteiger partial charge on any atom is 0.321 e. The van der Waals surface area contributed by atoms with Gasteiger partial charge in [0.05, 0.1) is 11.3 Å². The van der Waals surface area contributed by atoms with E-state index in [4.69, 9.17) is 0 Å². The third kappa shape index (κ3) is 2.67. The number of hydrogen-bond acceptors (Lipinski definition) is 3. The van der Waals surface area contributed by atoms with Crippen molar-refractivity contribution in [1.82, 2.24) is 14.7 Å². The number of nitrogens with zero attached hydrogens (tertiary/aromatic N) is 3. The Hall–Kier alpha value is -1.08. The zero-order valence-corrected chi connectivity index (χ0v) is 12.2. The van der Waals surface area contributed by atoms with E-state index in [-0.39, 0.29) is 11.9 Å². The van der Waals surface area contributed by atoms with Crippen LogP contribution in [-0.2, 0) is 7.05 Å². The standard InChI is InChI=1S/C11H17BrN4O2/c1-11(2,18)7-4-16(5-7)10(17)13-8-6-15(3)14-9(8)12/h6-7,18H,4-5H2,1-3H3,(H,13,17). The van der Waals surface area contributed by atoms with Gasteiger partial charge in [0.1, 0.15) is 0 Å². The number of carbonyl (C=O) groups is 1. The number of aryl methyl sites for hydroxylation is 1. The van der Waals surface area contributed by atoms with Crippen molar-refractivity contribution in [3.05, 3.63) is 10.8 Å². The van der Waals surface area contributed by atoms with E-state index in [2.05, 4.69) is 26.3 Å². The molecule has 2 amide bonds. The average Bonchev–Trinajstić information content (AvgIpc) is 2.39. The van der Waals surface area contributed by atoms with Crippen molar-refractivity contribution in [3.8, 4) is 0 Å². The lowest BCUT2D eigenvalue weighted by Crippen LogP contribution is -2.58. The first-order chi connectivity index (χ1) is 8.27. The summed E-state index contributed by atoms with van der Waals surface area (Å²) in [6.07, 6.45) is 1.73. The molecule has 2 rings (SSSR count). The SMILES string of the molecule is Cn1cc(NC(=O)N2CC(C(C)(C)O)C2)c(Br)n1. The van der Waals surface area contributed by atoms with Crippen molar-refractivity contribution < 1.29 is 9.90 Å². The molecule has 1 fully saturated rings. The number of nitrogens with one attached hydrogen (secondary N) is 1. The molecule has 2 N–H and O–H groups in total. The molecule has 0 unspecified atom stereocenters. The topological polar surface area (TPSA) is 70.4 Å². The first kappa shape index (κ1) is 13.4.